The summed E-state index contributed by atoms with van der Waals surface area (Å²) in [6.07, 6.45) is 0. The number of phenolic OH excluding ortho intramolecular Hbond substituents is 2. The Kier molecular flexibility index (Phi) is 3.94. The summed E-state index contributed by atoms with van der Waals surface area (Å²) in [4.78, 5) is 13.8. The van der Waals surface area contributed by atoms with Crippen LogP contribution in [0.5, 0.6) is 11.5 Å². The molecule has 2 aromatic carbocycles. The highest BCUT2D eigenvalue weighted by molar-refractivity contribution is 5.97. The smallest absolute Gasteiger partial charge is 0.257 e. The number of benzene rings is 2. The lowest BCUT2D eigenvalue weighted by atomic mass is 10.1. The molecule has 0 fully saturated rings. The van der Waals surface area contributed by atoms with Gasteiger partial charge in [0.2, 0.25) is 0 Å². The van der Waals surface area contributed by atoms with Crippen LogP contribution in [0.3, 0.4) is 0 Å². The monoisotopic (exact) mass is 271 g/mol. The lowest BCUT2D eigenvalue weighted by Gasteiger charge is -2.18. The summed E-state index contributed by atoms with van der Waals surface area (Å²) in [5.74, 6) is -0.515. The SMILES string of the molecule is Cc1cccc(CN(C)C(=O)c2cc(O)ccc2O)c1. The molecule has 2 N–H and O–H groups in total. The molecule has 0 unspecified atom stereocenters. The molecule has 20 heavy (non-hydrogen) atoms. The molecule has 0 aromatic heterocycles. The fourth-order valence-corrected chi connectivity index (χ4v) is 2.06. The summed E-state index contributed by atoms with van der Waals surface area (Å²) >= 11 is 0. The molecule has 0 atom stereocenters. The number of rotatable bonds is 3. The Labute approximate surface area is 117 Å². The number of hydrogen-bond donors (Lipinski definition) is 2. The summed E-state index contributed by atoms with van der Waals surface area (Å²) in [6.45, 7) is 2.43. The number of aryl methyl sites for hydroxylation is 1. The largest absolute Gasteiger partial charge is 0.508 e. The summed E-state index contributed by atoms with van der Waals surface area (Å²) in [5, 5.41) is 19.1. The number of carbonyl (C=O) groups excluding carboxylic acids is 1. The summed E-state index contributed by atoms with van der Waals surface area (Å²) in [7, 11) is 1.66. The van der Waals surface area contributed by atoms with Crippen LogP contribution in [0.1, 0.15) is 21.5 Å². The van der Waals surface area contributed by atoms with Crippen molar-refractivity contribution in [2.75, 3.05) is 7.05 Å². The van der Waals surface area contributed by atoms with Gasteiger partial charge in [-0.05, 0) is 30.7 Å². The van der Waals surface area contributed by atoms with Gasteiger partial charge in [-0.3, -0.25) is 4.79 Å². The van der Waals surface area contributed by atoms with Gasteiger partial charge in [0.15, 0.2) is 0 Å². The average Bonchev–Trinajstić information content (AvgIpc) is 2.40. The van der Waals surface area contributed by atoms with Gasteiger partial charge in [-0.1, -0.05) is 29.8 Å². The molecule has 0 radical (unpaired) electrons. The molecule has 0 aliphatic carbocycles. The Bertz CT molecular complexity index is 637. The Balaban J connectivity index is 2.18. The maximum absolute atomic E-state index is 12.3. The van der Waals surface area contributed by atoms with E-state index in [0.717, 1.165) is 11.1 Å². The van der Waals surface area contributed by atoms with Gasteiger partial charge in [0, 0.05) is 13.6 Å². The van der Waals surface area contributed by atoms with Crippen LogP contribution in [0.25, 0.3) is 0 Å². The zero-order valence-electron chi connectivity index (χ0n) is 11.5. The molecule has 0 bridgehead atoms. The minimum absolute atomic E-state index is 0.0462. The molecular weight excluding hydrogens is 254 g/mol. The van der Waals surface area contributed by atoms with Crippen molar-refractivity contribution in [2.24, 2.45) is 0 Å². The third kappa shape index (κ3) is 3.09. The van der Waals surface area contributed by atoms with Gasteiger partial charge >= 0.3 is 0 Å². The van der Waals surface area contributed by atoms with Crippen molar-refractivity contribution in [2.45, 2.75) is 13.5 Å². The minimum atomic E-state index is -0.333. The highest BCUT2D eigenvalue weighted by Crippen LogP contribution is 2.23. The van der Waals surface area contributed by atoms with Crippen LogP contribution in [-0.2, 0) is 6.54 Å². The fraction of sp³-hybridized carbons (Fsp3) is 0.188. The lowest BCUT2D eigenvalue weighted by molar-refractivity contribution is 0.0781. The maximum Gasteiger partial charge on any atom is 0.257 e. The number of hydrogen-bond acceptors (Lipinski definition) is 3. The molecule has 4 heteroatoms. The molecule has 2 aromatic rings. The predicted molar refractivity (Wildman–Crippen MR) is 76.7 cm³/mol. The summed E-state index contributed by atoms with van der Waals surface area (Å²) < 4.78 is 0. The number of nitrogens with zero attached hydrogens (tertiary/aromatic N) is 1. The third-order valence-corrected chi connectivity index (χ3v) is 3.06. The van der Waals surface area contributed by atoms with Crippen LogP contribution in [-0.4, -0.2) is 28.1 Å². The second-order valence-corrected chi connectivity index (χ2v) is 4.85. The number of aromatic hydroxyl groups is 2. The molecule has 0 saturated carbocycles. The molecule has 0 heterocycles. The van der Waals surface area contributed by atoms with E-state index in [1.54, 1.807) is 7.05 Å². The zero-order valence-corrected chi connectivity index (χ0v) is 11.5. The first-order valence-corrected chi connectivity index (χ1v) is 6.30. The van der Waals surface area contributed by atoms with Crippen LogP contribution in [0, 0.1) is 6.92 Å². The Morgan fingerprint density at radius 1 is 1.15 bits per heavy atom. The second kappa shape index (κ2) is 5.65. The van der Waals surface area contributed by atoms with Gasteiger partial charge in [-0.25, -0.2) is 0 Å². The van der Waals surface area contributed by atoms with Gasteiger partial charge in [0.1, 0.15) is 11.5 Å². The quantitative estimate of drug-likeness (QED) is 0.844. The summed E-state index contributed by atoms with van der Waals surface area (Å²) in [6, 6.07) is 11.8. The predicted octanol–water partition coefficient (Wildman–Crippen LogP) is 2.68. The van der Waals surface area contributed by atoms with Crippen LogP contribution in [0.15, 0.2) is 42.5 Å². The van der Waals surface area contributed by atoms with Gasteiger partial charge in [-0.15, -0.1) is 0 Å². The van der Waals surface area contributed by atoms with E-state index in [9.17, 15) is 15.0 Å². The summed E-state index contributed by atoms with van der Waals surface area (Å²) in [5.41, 5.74) is 2.24. The standard InChI is InChI=1S/C16H17NO3/c1-11-4-3-5-12(8-11)10-17(2)16(20)14-9-13(18)6-7-15(14)19/h3-9,18-19H,10H2,1-2H3. The first kappa shape index (κ1) is 13.9. The van der Waals surface area contributed by atoms with Gasteiger partial charge < -0.3 is 15.1 Å². The minimum Gasteiger partial charge on any atom is -0.508 e. The van der Waals surface area contributed by atoms with Crippen LogP contribution < -0.4 is 0 Å². The van der Waals surface area contributed by atoms with E-state index in [2.05, 4.69) is 0 Å². The Hall–Kier alpha value is -2.49. The van der Waals surface area contributed by atoms with E-state index in [4.69, 9.17) is 0 Å². The van der Waals surface area contributed by atoms with E-state index in [1.807, 2.05) is 31.2 Å². The van der Waals surface area contributed by atoms with E-state index in [-0.39, 0.29) is 23.0 Å². The van der Waals surface area contributed by atoms with Gasteiger partial charge in [0.05, 0.1) is 5.56 Å². The van der Waals surface area contributed by atoms with E-state index in [0.29, 0.717) is 6.54 Å². The maximum atomic E-state index is 12.3. The Morgan fingerprint density at radius 3 is 2.60 bits per heavy atom. The Morgan fingerprint density at radius 2 is 1.90 bits per heavy atom. The normalized spacial score (nSPS) is 10.3. The van der Waals surface area contributed by atoms with Gasteiger partial charge in [0.25, 0.3) is 5.91 Å². The van der Waals surface area contributed by atoms with Crippen molar-refractivity contribution < 1.29 is 15.0 Å². The van der Waals surface area contributed by atoms with Crippen molar-refractivity contribution in [3.05, 3.63) is 59.2 Å². The number of phenols is 2. The zero-order chi connectivity index (χ0) is 14.7. The van der Waals surface area contributed by atoms with Crippen molar-refractivity contribution in [1.82, 2.24) is 4.90 Å². The molecule has 4 nitrogen and oxygen atoms in total. The average molecular weight is 271 g/mol. The van der Waals surface area contributed by atoms with Crippen molar-refractivity contribution in [3.8, 4) is 11.5 Å². The van der Waals surface area contributed by atoms with E-state index in [1.165, 1.54) is 23.1 Å². The highest BCUT2D eigenvalue weighted by atomic mass is 16.3. The van der Waals surface area contributed by atoms with Crippen LogP contribution in [0.2, 0.25) is 0 Å². The number of carbonyl (C=O) groups is 1. The fourth-order valence-electron chi connectivity index (χ4n) is 2.06. The topological polar surface area (TPSA) is 60.8 Å². The molecular formula is C16H17NO3. The van der Waals surface area contributed by atoms with Gasteiger partial charge in [-0.2, -0.15) is 0 Å². The lowest BCUT2D eigenvalue weighted by Crippen LogP contribution is -2.26. The molecule has 0 saturated heterocycles. The van der Waals surface area contributed by atoms with E-state index >= 15 is 0 Å². The molecule has 2 rings (SSSR count). The van der Waals surface area contributed by atoms with Crippen LogP contribution in [0.4, 0.5) is 0 Å². The van der Waals surface area contributed by atoms with Crippen molar-refractivity contribution in [1.29, 1.82) is 0 Å². The second-order valence-electron chi connectivity index (χ2n) is 4.85. The van der Waals surface area contributed by atoms with Crippen LogP contribution >= 0.6 is 0 Å². The molecule has 1 amide bonds. The number of amides is 1. The molecule has 0 aliphatic rings. The van der Waals surface area contributed by atoms with Crippen molar-refractivity contribution in [3.63, 3.8) is 0 Å². The molecule has 104 valence electrons. The van der Waals surface area contributed by atoms with Crippen molar-refractivity contribution >= 4 is 5.91 Å². The first-order chi connectivity index (χ1) is 9.47. The van der Waals surface area contributed by atoms with E-state index < -0.39 is 0 Å². The third-order valence-electron chi connectivity index (χ3n) is 3.06. The highest BCUT2D eigenvalue weighted by Gasteiger charge is 2.16. The first-order valence-electron chi connectivity index (χ1n) is 6.30. The molecule has 0 aliphatic heterocycles. The molecule has 0 spiro atoms.